The standard InChI is InChI=1S/C14H23NO2/c1-3-4-10-17-14-8-6-5-7-13(14)12-15-9-11-16-2/h5-8,15H,3-4,9-12H2,1-2H3. The fourth-order valence-electron chi connectivity index (χ4n) is 1.51. The first-order chi connectivity index (χ1) is 8.38. The lowest BCUT2D eigenvalue weighted by molar-refractivity contribution is 0.199. The summed E-state index contributed by atoms with van der Waals surface area (Å²) in [5.74, 6) is 0.992. The van der Waals surface area contributed by atoms with Gasteiger partial charge in [-0.15, -0.1) is 0 Å². The molecule has 0 unspecified atom stereocenters. The highest BCUT2D eigenvalue weighted by atomic mass is 16.5. The number of ether oxygens (including phenoxy) is 2. The predicted molar refractivity (Wildman–Crippen MR) is 70.4 cm³/mol. The largest absolute Gasteiger partial charge is 0.493 e. The summed E-state index contributed by atoms with van der Waals surface area (Å²) in [5, 5.41) is 3.33. The molecule has 0 spiro atoms. The van der Waals surface area contributed by atoms with E-state index in [-0.39, 0.29) is 0 Å². The van der Waals surface area contributed by atoms with Crippen molar-refractivity contribution >= 4 is 0 Å². The monoisotopic (exact) mass is 237 g/mol. The van der Waals surface area contributed by atoms with Crippen LogP contribution in [-0.2, 0) is 11.3 Å². The van der Waals surface area contributed by atoms with Crippen molar-refractivity contribution < 1.29 is 9.47 Å². The molecule has 0 aliphatic carbocycles. The van der Waals surface area contributed by atoms with Crippen LogP contribution >= 0.6 is 0 Å². The summed E-state index contributed by atoms with van der Waals surface area (Å²) in [6.07, 6.45) is 2.26. The lowest BCUT2D eigenvalue weighted by Crippen LogP contribution is -2.19. The van der Waals surface area contributed by atoms with E-state index in [1.165, 1.54) is 5.56 Å². The molecule has 3 nitrogen and oxygen atoms in total. The van der Waals surface area contributed by atoms with Gasteiger partial charge < -0.3 is 14.8 Å². The third-order valence-corrected chi connectivity index (χ3v) is 2.53. The number of hydrogen-bond donors (Lipinski definition) is 1. The van der Waals surface area contributed by atoms with Crippen LogP contribution in [0.15, 0.2) is 24.3 Å². The van der Waals surface area contributed by atoms with Crippen LogP contribution in [0.1, 0.15) is 25.3 Å². The molecule has 0 heterocycles. The minimum atomic E-state index is 0.735. The van der Waals surface area contributed by atoms with E-state index in [9.17, 15) is 0 Å². The average molecular weight is 237 g/mol. The fraction of sp³-hybridized carbons (Fsp3) is 0.571. The Bertz CT molecular complexity index is 302. The van der Waals surface area contributed by atoms with Crippen molar-refractivity contribution in [1.82, 2.24) is 5.32 Å². The topological polar surface area (TPSA) is 30.5 Å². The molecule has 0 aliphatic rings. The zero-order chi connectivity index (χ0) is 12.3. The number of benzene rings is 1. The SMILES string of the molecule is CCCCOc1ccccc1CNCCOC. The molecule has 1 aromatic rings. The normalized spacial score (nSPS) is 10.5. The Labute approximate surface area is 104 Å². The molecule has 1 N–H and O–H groups in total. The molecule has 0 saturated heterocycles. The quantitative estimate of drug-likeness (QED) is 0.670. The van der Waals surface area contributed by atoms with Crippen molar-refractivity contribution in [3.05, 3.63) is 29.8 Å². The van der Waals surface area contributed by atoms with Crippen LogP contribution in [0.3, 0.4) is 0 Å². The summed E-state index contributed by atoms with van der Waals surface area (Å²) in [6, 6.07) is 8.18. The summed E-state index contributed by atoms with van der Waals surface area (Å²) < 4.78 is 10.8. The van der Waals surface area contributed by atoms with Gasteiger partial charge in [-0.1, -0.05) is 31.5 Å². The summed E-state index contributed by atoms with van der Waals surface area (Å²) in [5.41, 5.74) is 1.21. The van der Waals surface area contributed by atoms with Gasteiger partial charge in [-0.05, 0) is 12.5 Å². The highest BCUT2D eigenvalue weighted by Crippen LogP contribution is 2.17. The van der Waals surface area contributed by atoms with Gasteiger partial charge in [-0.3, -0.25) is 0 Å². The predicted octanol–water partition coefficient (Wildman–Crippen LogP) is 2.60. The molecule has 1 rings (SSSR count). The van der Waals surface area contributed by atoms with Gasteiger partial charge in [0, 0.05) is 25.8 Å². The van der Waals surface area contributed by atoms with Gasteiger partial charge in [0.2, 0.25) is 0 Å². The molecule has 0 aromatic heterocycles. The van der Waals surface area contributed by atoms with Gasteiger partial charge in [-0.2, -0.15) is 0 Å². The van der Waals surface area contributed by atoms with E-state index in [0.29, 0.717) is 0 Å². The van der Waals surface area contributed by atoms with Crippen molar-refractivity contribution in [2.75, 3.05) is 26.9 Å². The van der Waals surface area contributed by atoms with Crippen LogP contribution in [-0.4, -0.2) is 26.9 Å². The van der Waals surface area contributed by atoms with E-state index >= 15 is 0 Å². The molecule has 0 radical (unpaired) electrons. The van der Waals surface area contributed by atoms with E-state index in [1.807, 2.05) is 18.2 Å². The van der Waals surface area contributed by atoms with Crippen LogP contribution in [0.4, 0.5) is 0 Å². The second-order valence-electron chi connectivity index (χ2n) is 3.98. The maximum absolute atomic E-state index is 5.76. The number of para-hydroxylation sites is 1. The first kappa shape index (κ1) is 14.0. The van der Waals surface area contributed by atoms with Crippen LogP contribution < -0.4 is 10.1 Å². The van der Waals surface area contributed by atoms with E-state index in [1.54, 1.807) is 7.11 Å². The van der Waals surface area contributed by atoms with E-state index in [0.717, 1.165) is 44.9 Å². The minimum Gasteiger partial charge on any atom is -0.493 e. The average Bonchev–Trinajstić information content (AvgIpc) is 2.36. The molecule has 0 amide bonds. The number of hydrogen-bond acceptors (Lipinski definition) is 3. The maximum Gasteiger partial charge on any atom is 0.123 e. The lowest BCUT2D eigenvalue weighted by atomic mass is 10.2. The van der Waals surface area contributed by atoms with Crippen LogP contribution in [0.25, 0.3) is 0 Å². The summed E-state index contributed by atoms with van der Waals surface area (Å²) in [7, 11) is 1.71. The smallest absolute Gasteiger partial charge is 0.123 e. The molecule has 0 saturated carbocycles. The summed E-state index contributed by atoms with van der Waals surface area (Å²) >= 11 is 0. The molecule has 0 aliphatic heterocycles. The van der Waals surface area contributed by atoms with Crippen LogP contribution in [0.2, 0.25) is 0 Å². The van der Waals surface area contributed by atoms with Gasteiger partial charge in [0.25, 0.3) is 0 Å². The Kier molecular flexibility index (Phi) is 7.43. The van der Waals surface area contributed by atoms with E-state index < -0.39 is 0 Å². The zero-order valence-corrected chi connectivity index (χ0v) is 10.9. The first-order valence-corrected chi connectivity index (χ1v) is 6.28. The zero-order valence-electron chi connectivity index (χ0n) is 10.9. The third kappa shape index (κ3) is 5.71. The maximum atomic E-state index is 5.76. The van der Waals surface area contributed by atoms with Crippen molar-refractivity contribution in [2.45, 2.75) is 26.3 Å². The number of nitrogens with one attached hydrogen (secondary N) is 1. The minimum absolute atomic E-state index is 0.735. The third-order valence-electron chi connectivity index (χ3n) is 2.53. The van der Waals surface area contributed by atoms with Gasteiger partial charge in [0.15, 0.2) is 0 Å². The summed E-state index contributed by atoms with van der Waals surface area (Å²) in [4.78, 5) is 0. The van der Waals surface area contributed by atoms with Crippen LogP contribution in [0, 0.1) is 0 Å². The number of unbranched alkanes of at least 4 members (excludes halogenated alkanes) is 1. The number of methoxy groups -OCH3 is 1. The Hall–Kier alpha value is -1.06. The first-order valence-electron chi connectivity index (χ1n) is 6.28. The second-order valence-corrected chi connectivity index (χ2v) is 3.98. The second kappa shape index (κ2) is 9.02. The van der Waals surface area contributed by atoms with Gasteiger partial charge in [0.1, 0.15) is 5.75 Å². The van der Waals surface area contributed by atoms with Gasteiger partial charge in [0.05, 0.1) is 13.2 Å². The molecule has 0 bridgehead atoms. The molecular formula is C14H23NO2. The fourth-order valence-corrected chi connectivity index (χ4v) is 1.51. The van der Waals surface area contributed by atoms with Crippen molar-refractivity contribution in [3.8, 4) is 5.75 Å². The highest BCUT2D eigenvalue weighted by molar-refractivity contribution is 5.33. The molecule has 0 atom stereocenters. The molecule has 17 heavy (non-hydrogen) atoms. The Morgan fingerprint density at radius 3 is 2.76 bits per heavy atom. The molecule has 96 valence electrons. The van der Waals surface area contributed by atoms with E-state index in [2.05, 4.69) is 18.3 Å². The lowest BCUT2D eigenvalue weighted by Gasteiger charge is -2.11. The molecule has 1 aromatic carbocycles. The molecule has 0 fully saturated rings. The van der Waals surface area contributed by atoms with Gasteiger partial charge in [-0.25, -0.2) is 0 Å². The Morgan fingerprint density at radius 2 is 2.00 bits per heavy atom. The Morgan fingerprint density at radius 1 is 1.18 bits per heavy atom. The van der Waals surface area contributed by atoms with Crippen LogP contribution in [0.5, 0.6) is 5.75 Å². The Balaban J connectivity index is 2.40. The van der Waals surface area contributed by atoms with Crippen molar-refractivity contribution in [3.63, 3.8) is 0 Å². The molecule has 3 heteroatoms. The van der Waals surface area contributed by atoms with Crippen molar-refractivity contribution in [2.24, 2.45) is 0 Å². The van der Waals surface area contributed by atoms with E-state index in [4.69, 9.17) is 9.47 Å². The number of rotatable bonds is 9. The van der Waals surface area contributed by atoms with Gasteiger partial charge >= 0.3 is 0 Å². The molecular weight excluding hydrogens is 214 g/mol. The summed E-state index contributed by atoms with van der Waals surface area (Å²) in [6.45, 7) is 5.39. The van der Waals surface area contributed by atoms with Crippen molar-refractivity contribution in [1.29, 1.82) is 0 Å². The highest BCUT2D eigenvalue weighted by Gasteiger charge is 2.01.